The molecule has 6 nitrogen and oxygen atoms in total. The highest BCUT2D eigenvalue weighted by Gasteiger charge is 2.28. The lowest BCUT2D eigenvalue weighted by Crippen LogP contribution is -2.49. The zero-order valence-corrected chi connectivity index (χ0v) is 11.2. The van der Waals surface area contributed by atoms with Crippen molar-refractivity contribution in [2.24, 2.45) is 5.84 Å². The minimum absolute atomic E-state index is 0.000324. The van der Waals surface area contributed by atoms with E-state index in [4.69, 9.17) is 10.6 Å². The van der Waals surface area contributed by atoms with Crippen LogP contribution in [0.1, 0.15) is 25.5 Å². The number of nitrogens with zero attached hydrogens (tertiary/aromatic N) is 3. The average molecular weight is 253 g/mol. The normalized spacial score (nSPS) is 23.2. The molecular weight excluding hydrogens is 230 g/mol. The van der Waals surface area contributed by atoms with E-state index in [1.54, 1.807) is 0 Å². The van der Waals surface area contributed by atoms with Crippen molar-refractivity contribution in [3.63, 3.8) is 0 Å². The van der Waals surface area contributed by atoms with Crippen molar-refractivity contribution in [2.75, 3.05) is 26.2 Å². The fourth-order valence-corrected chi connectivity index (χ4v) is 2.35. The topological polar surface area (TPSA) is 68.3 Å². The molecule has 1 aromatic heterocycles. The highest BCUT2D eigenvalue weighted by molar-refractivity contribution is 5.12. The number of aryl methyl sites for hydroxylation is 1. The second-order valence-corrected chi connectivity index (χ2v) is 4.58. The first-order chi connectivity index (χ1) is 8.78. The second-order valence-electron chi connectivity index (χ2n) is 4.58. The Labute approximate surface area is 108 Å². The first-order valence-corrected chi connectivity index (χ1v) is 6.60. The summed E-state index contributed by atoms with van der Waals surface area (Å²) in [5.41, 5.74) is 3.95. The van der Waals surface area contributed by atoms with Gasteiger partial charge in [-0.15, -0.1) is 0 Å². The first-order valence-electron chi connectivity index (χ1n) is 6.60. The van der Waals surface area contributed by atoms with Gasteiger partial charge in [0.25, 0.3) is 0 Å². The number of aromatic nitrogens is 2. The molecule has 0 aliphatic carbocycles. The molecule has 0 bridgehead atoms. The first kappa shape index (κ1) is 13.5. The Balaban J connectivity index is 2.07. The highest BCUT2D eigenvalue weighted by Crippen LogP contribution is 2.21. The summed E-state index contributed by atoms with van der Waals surface area (Å²) in [4.78, 5) is 2.38. The van der Waals surface area contributed by atoms with Gasteiger partial charge in [0.2, 0.25) is 0 Å². The summed E-state index contributed by atoms with van der Waals surface area (Å²) in [6.45, 7) is 8.81. The predicted molar refractivity (Wildman–Crippen MR) is 69.8 cm³/mol. The Hall–Kier alpha value is -0.950. The number of morpholine rings is 1. The van der Waals surface area contributed by atoms with Crippen LogP contribution in [0.2, 0.25) is 0 Å². The van der Waals surface area contributed by atoms with Gasteiger partial charge in [-0.1, -0.05) is 6.92 Å². The number of hydrazine groups is 1. The van der Waals surface area contributed by atoms with Gasteiger partial charge in [0.1, 0.15) is 0 Å². The summed E-state index contributed by atoms with van der Waals surface area (Å²) in [6, 6.07) is -0.000324. The zero-order valence-electron chi connectivity index (χ0n) is 11.2. The molecule has 0 amide bonds. The molecule has 1 aromatic rings. The summed E-state index contributed by atoms with van der Waals surface area (Å²) in [7, 11) is 0. The molecule has 1 fully saturated rings. The maximum Gasteiger partial charge on any atom is 0.0911 e. The molecule has 2 heterocycles. The maximum absolute atomic E-state index is 5.84. The third-order valence-corrected chi connectivity index (χ3v) is 3.51. The molecule has 2 rings (SSSR count). The van der Waals surface area contributed by atoms with Crippen LogP contribution < -0.4 is 11.3 Å². The molecule has 0 spiro atoms. The quantitative estimate of drug-likeness (QED) is 0.576. The van der Waals surface area contributed by atoms with Gasteiger partial charge in [0.05, 0.1) is 24.9 Å². The molecule has 1 aliphatic heterocycles. The van der Waals surface area contributed by atoms with E-state index in [1.165, 1.54) is 0 Å². The Morgan fingerprint density at radius 2 is 2.39 bits per heavy atom. The van der Waals surface area contributed by atoms with Crippen molar-refractivity contribution >= 4 is 0 Å². The number of likely N-dealkylation sites (N-methyl/N-ethyl adjacent to an activating group) is 1. The average Bonchev–Trinajstić information content (AvgIpc) is 2.88. The molecule has 6 heteroatoms. The van der Waals surface area contributed by atoms with Crippen LogP contribution in [0.4, 0.5) is 0 Å². The monoisotopic (exact) mass is 253 g/mol. The van der Waals surface area contributed by atoms with Gasteiger partial charge in [-0.25, -0.2) is 0 Å². The highest BCUT2D eigenvalue weighted by atomic mass is 16.5. The summed E-state index contributed by atoms with van der Waals surface area (Å²) in [5.74, 6) is 5.69. The molecule has 1 aliphatic rings. The summed E-state index contributed by atoms with van der Waals surface area (Å²) < 4.78 is 7.74. The number of rotatable bonds is 5. The Morgan fingerprint density at radius 3 is 3.00 bits per heavy atom. The van der Waals surface area contributed by atoms with Crippen LogP contribution >= 0.6 is 0 Å². The maximum atomic E-state index is 5.84. The number of nitrogens with one attached hydrogen (secondary N) is 1. The molecule has 0 saturated carbocycles. The zero-order chi connectivity index (χ0) is 13.0. The Kier molecular flexibility index (Phi) is 4.71. The molecule has 3 N–H and O–H groups in total. The van der Waals surface area contributed by atoms with E-state index in [9.17, 15) is 0 Å². The third kappa shape index (κ3) is 2.89. The van der Waals surface area contributed by atoms with Gasteiger partial charge in [0.15, 0.2) is 0 Å². The molecule has 2 atom stereocenters. The van der Waals surface area contributed by atoms with Crippen molar-refractivity contribution in [1.29, 1.82) is 0 Å². The number of hydrogen-bond acceptors (Lipinski definition) is 5. The molecule has 102 valence electrons. The molecule has 1 saturated heterocycles. The lowest BCUT2D eigenvalue weighted by Gasteiger charge is -2.35. The molecule has 18 heavy (non-hydrogen) atoms. The minimum atomic E-state index is -0.000324. The van der Waals surface area contributed by atoms with Crippen LogP contribution in [0.5, 0.6) is 0 Å². The molecule has 2 unspecified atom stereocenters. The van der Waals surface area contributed by atoms with Gasteiger partial charge >= 0.3 is 0 Å². The van der Waals surface area contributed by atoms with Crippen molar-refractivity contribution in [3.8, 4) is 0 Å². The smallest absolute Gasteiger partial charge is 0.0911 e. The van der Waals surface area contributed by atoms with E-state index < -0.39 is 0 Å². The summed E-state index contributed by atoms with van der Waals surface area (Å²) in [6.07, 6.45) is 3.97. The van der Waals surface area contributed by atoms with Crippen LogP contribution in [-0.4, -0.2) is 47.0 Å². The fourth-order valence-electron chi connectivity index (χ4n) is 2.35. The fraction of sp³-hybridized carbons (Fsp3) is 0.750. The largest absolute Gasteiger partial charge is 0.374 e. The van der Waals surface area contributed by atoms with Crippen LogP contribution in [0.3, 0.4) is 0 Å². The van der Waals surface area contributed by atoms with Gasteiger partial charge in [-0.3, -0.25) is 20.9 Å². The van der Waals surface area contributed by atoms with E-state index in [0.29, 0.717) is 0 Å². The summed E-state index contributed by atoms with van der Waals surface area (Å²) >= 11 is 0. The van der Waals surface area contributed by atoms with Crippen molar-refractivity contribution < 1.29 is 4.74 Å². The SMILES string of the molecule is CCN1CCOC(C(NN)c2cnn(CC)c2)C1. The predicted octanol–water partition coefficient (Wildman–Crippen LogP) is 0.128. The van der Waals surface area contributed by atoms with E-state index in [-0.39, 0.29) is 12.1 Å². The van der Waals surface area contributed by atoms with Gasteiger partial charge in [-0.05, 0) is 13.5 Å². The number of ether oxygens (including phenoxy) is 1. The standard InChI is InChI=1S/C12H23N5O/c1-3-16-5-6-18-11(9-16)12(15-13)10-7-14-17(4-2)8-10/h7-8,11-12,15H,3-6,9,13H2,1-2H3. The lowest BCUT2D eigenvalue weighted by atomic mass is 10.0. The van der Waals surface area contributed by atoms with E-state index >= 15 is 0 Å². The van der Waals surface area contributed by atoms with Crippen LogP contribution in [0.15, 0.2) is 12.4 Å². The van der Waals surface area contributed by atoms with E-state index in [0.717, 1.165) is 38.3 Å². The number of hydrogen-bond donors (Lipinski definition) is 2. The molecular formula is C12H23N5O. The summed E-state index contributed by atoms with van der Waals surface area (Å²) in [5, 5.41) is 4.29. The van der Waals surface area contributed by atoms with Gasteiger partial charge < -0.3 is 4.74 Å². The van der Waals surface area contributed by atoms with Crippen molar-refractivity contribution in [1.82, 2.24) is 20.1 Å². The van der Waals surface area contributed by atoms with E-state index in [2.05, 4.69) is 29.3 Å². The van der Waals surface area contributed by atoms with Crippen LogP contribution in [0, 0.1) is 0 Å². The second kappa shape index (κ2) is 6.29. The van der Waals surface area contributed by atoms with E-state index in [1.807, 2.05) is 17.1 Å². The van der Waals surface area contributed by atoms with Gasteiger partial charge in [0, 0.05) is 31.4 Å². The van der Waals surface area contributed by atoms with Crippen molar-refractivity contribution in [3.05, 3.63) is 18.0 Å². The number of nitrogens with two attached hydrogens (primary N) is 1. The third-order valence-electron chi connectivity index (χ3n) is 3.51. The van der Waals surface area contributed by atoms with Crippen LogP contribution in [-0.2, 0) is 11.3 Å². The van der Waals surface area contributed by atoms with Gasteiger partial charge in [-0.2, -0.15) is 5.10 Å². The lowest BCUT2D eigenvalue weighted by molar-refractivity contribution is -0.0456. The Bertz CT molecular complexity index is 367. The molecule has 0 radical (unpaired) electrons. The minimum Gasteiger partial charge on any atom is -0.374 e. The van der Waals surface area contributed by atoms with Crippen LogP contribution in [0.25, 0.3) is 0 Å². The molecule has 0 aromatic carbocycles. The van der Waals surface area contributed by atoms with Crippen molar-refractivity contribution in [2.45, 2.75) is 32.5 Å². The Morgan fingerprint density at radius 1 is 1.56 bits per heavy atom.